The molecule has 9 nitrogen and oxygen atoms in total. The van der Waals surface area contributed by atoms with E-state index in [0.29, 0.717) is 34.8 Å². The molecular weight excluding hydrogens is 541 g/mol. The summed E-state index contributed by atoms with van der Waals surface area (Å²) in [5.41, 5.74) is 6.59. The number of fused-ring (bicyclic) bond motifs is 1. The van der Waals surface area contributed by atoms with Crippen LogP contribution in [0.4, 0.5) is 20.9 Å². The van der Waals surface area contributed by atoms with Gasteiger partial charge in [-0.1, -0.05) is 11.3 Å². The highest BCUT2D eigenvalue weighted by Crippen LogP contribution is 2.48. The van der Waals surface area contributed by atoms with Crippen molar-refractivity contribution in [3.63, 3.8) is 0 Å². The topological polar surface area (TPSA) is 93.2 Å². The number of rotatable bonds is 6. The van der Waals surface area contributed by atoms with Gasteiger partial charge in [0, 0.05) is 56.1 Å². The molecule has 3 aromatic heterocycles. The molecule has 2 saturated heterocycles. The van der Waals surface area contributed by atoms with Gasteiger partial charge in [0.05, 0.1) is 42.3 Å². The Hall–Kier alpha value is -3.56. The van der Waals surface area contributed by atoms with Gasteiger partial charge in [-0.3, -0.25) is 4.90 Å². The summed E-state index contributed by atoms with van der Waals surface area (Å²) >= 11 is 1.34. The quantitative estimate of drug-likeness (QED) is 0.365. The molecule has 2 unspecified atom stereocenters. The molecule has 0 bridgehead atoms. The number of pyridine rings is 1. The minimum Gasteiger partial charge on any atom is -0.389 e. The number of anilines is 3. The minimum absolute atomic E-state index is 0.0777. The maximum atomic E-state index is 13.6. The maximum absolute atomic E-state index is 13.6. The molecule has 7 rings (SSSR count). The Bertz CT molecular complexity index is 1630. The Kier molecular flexibility index (Phi) is 6.66. The molecule has 11 heteroatoms. The first-order valence-electron chi connectivity index (χ1n) is 14.1. The Balaban J connectivity index is 1.23. The van der Waals surface area contributed by atoms with E-state index in [2.05, 4.69) is 39.8 Å². The summed E-state index contributed by atoms with van der Waals surface area (Å²) in [5, 5.41) is 25.9. The van der Waals surface area contributed by atoms with E-state index >= 15 is 0 Å². The molecule has 41 heavy (non-hydrogen) atoms. The molecule has 3 fully saturated rings. The first-order valence-corrected chi connectivity index (χ1v) is 14.9. The zero-order valence-corrected chi connectivity index (χ0v) is 23.9. The highest BCUT2D eigenvalue weighted by molar-refractivity contribution is 7.16. The number of aliphatic hydroxyl groups excluding tert-OH is 1. The van der Waals surface area contributed by atoms with E-state index in [1.807, 2.05) is 11.6 Å². The Morgan fingerprint density at radius 3 is 2.54 bits per heavy atom. The maximum Gasteiger partial charge on any atom is 0.191 e. The van der Waals surface area contributed by atoms with Crippen molar-refractivity contribution in [3.05, 3.63) is 58.5 Å². The van der Waals surface area contributed by atoms with Gasteiger partial charge < -0.3 is 19.6 Å². The molecule has 4 aromatic rings. The highest BCUT2D eigenvalue weighted by atomic mass is 32.1. The molecular formula is C30H32FN7O2S. The molecule has 5 heterocycles. The van der Waals surface area contributed by atoms with Gasteiger partial charge in [-0.25, -0.2) is 13.9 Å². The van der Waals surface area contributed by atoms with Crippen molar-refractivity contribution in [2.45, 2.75) is 37.8 Å². The summed E-state index contributed by atoms with van der Waals surface area (Å²) in [6.07, 6.45) is 1.80. The molecule has 212 valence electrons. The smallest absolute Gasteiger partial charge is 0.191 e. The van der Waals surface area contributed by atoms with Gasteiger partial charge in [-0.05, 0) is 56.2 Å². The molecule has 1 saturated carbocycles. The van der Waals surface area contributed by atoms with Crippen LogP contribution in [0.5, 0.6) is 0 Å². The SMILES string of the molecule is Cc1cc(N2CCN(C3COCC3O)CC2)cc2c(N(C)c3nc(-c4ccc(F)cc4)c(C#N)s3)c(C3CC3)nn12. The van der Waals surface area contributed by atoms with Crippen molar-refractivity contribution in [2.75, 3.05) is 56.2 Å². The van der Waals surface area contributed by atoms with Gasteiger partial charge in [0.1, 0.15) is 22.5 Å². The van der Waals surface area contributed by atoms with E-state index in [9.17, 15) is 14.8 Å². The van der Waals surface area contributed by atoms with Crippen LogP contribution in [0.1, 0.15) is 35.0 Å². The number of hydrogen-bond donors (Lipinski definition) is 1. The zero-order valence-electron chi connectivity index (χ0n) is 23.1. The van der Waals surface area contributed by atoms with Crippen molar-refractivity contribution in [1.82, 2.24) is 19.5 Å². The first kappa shape index (κ1) is 26.3. The van der Waals surface area contributed by atoms with Crippen molar-refractivity contribution in [2.24, 2.45) is 0 Å². The third-order valence-electron chi connectivity index (χ3n) is 8.49. The number of aromatic nitrogens is 3. The van der Waals surface area contributed by atoms with Gasteiger partial charge in [-0.2, -0.15) is 10.4 Å². The van der Waals surface area contributed by atoms with Crippen molar-refractivity contribution < 1.29 is 14.2 Å². The predicted octanol–water partition coefficient (Wildman–Crippen LogP) is 4.30. The van der Waals surface area contributed by atoms with Gasteiger partial charge in [-0.15, -0.1) is 0 Å². The molecule has 0 spiro atoms. The second-order valence-electron chi connectivity index (χ2n) is 11.2. The van der Waals surface area contributed by atoms with E-state index in [-0.39, 0.29) is 11.9 Å². The summed E-state index contributed by atoms with van der Waals surface area (Å²) in [5.74, 6) is 0.0868. The van der Waals surface area contributed by atoms with Crippen LogP contribution in [-0.2, 0) is 4.74 Å². The van der Waals surface area contributed by atoms with Crippen LogP contribution in [0.25, 0.3) is 16.8 Å². The highest BCUT2D eigenvalue weighted by Gasteiger charge is 2.35. The molecule has 1 N–H and O–H groups in total. The van der Waals surface area contributed by atoms with Crippen molar-refractivity contribution in [1.29, 1.82) is 5.26 Å². The van der Waals surface area contributed by atoms with Crippen molar-refractivity contribution in [3.8, 4) is 17.3 Å². The van der Waals surface area contributed by atoms with Gasteiger partial charge in [0.2, 0.25) is 0 Å². The fraction of sp³-hybridized carbons (Fsp3) is 0.433. The van der Waals surface area contributed by atoms with E-state index < -0.39 is 6.10 Å². The normalized spacial score (nSPS) is 21.5. The molecule has 0 radical (unpaired) electrons. The second-order valence-corrected chi connectivity index (χ2v) is 12.2. The zero-order chi connectivity index (χ0) is 28.2. The number of nitrogens with zero attached hydrogens (tertiary/aromatic N) is 7. The number of halogens is 1. The molecule has 1 aliphatic carbocycles. The number of nitriles is 1. The lowest BCUT2D eigenvalue weighted by Gasteiger charge is -2.39. The van der Waals surface area contributed by atoms with E-state index in [1.165, 1.54) is 23.5 Å². The average molecular weight is 574 g/mol. The second kappa shape index (κ2) is 10.4. The number of aliphatic hydroxyl groups is 1. The van der Waals surface area contributed by atoms with E-state index in [0.717, 1.165) is 72.9 Å². The number of aryl methyl sites for hydroxylation is 1. The van der Waals surface area contributed by atoms with Crippen LogP contribution in [0.3, 0.4) is 0 Å². The monoisotopic (exact) mass is 573 g/mol. The van der Waals surface area contributed by atoms with Crippen LogP contribution >= 0.6 is 11.3 Å². The van der Waals surface area contributed by atoms with Crippen molar-refractivity contribution >= 4 is 33.4 Å². The van der Waals surface area contributed by atoms with E-state index in [1.54, 1.807) is 12.1 Å². The number of hydrogen-bond acceptors (Lipinski definition) is 9. The molecule has 2 atom stereocenters. The summed E-state index contributed by atoms with van der Waals surface area (Å²) in [4.78, 5) is 12.2. The fourth-order valence-corrected chi connectivity index (χ4v) is 6.93. The lowest BCUT2D eigenvalue weighted by atomic mass is 10.1. The van der Waals surface area contributed by atoms with Crippen LogP contribution < -0.4 is 9.80 Å². The van der Waals surface area contributed by atoms with Crippen LogP contribution in [0.15, 0.2) is 36.4 Å². The Morgan fingerprint density at radius 1 is 1.12 bits per heavy atom. The van der Waals surface area contributed by atoms with Crippen LogP contribution in [0, 0.1) is 24.1 Å². The number of thiazole rings is 1. The summed E-state index contributed by atoms with van der Waals surface area (Å²) in [7, 11) is 1.99. The molecule has 1 aromatic carbocycles. The number of benzene rings is 1. The lowest BCUT2D eigenvalue weighted by molar-refractivity contribution is 0.0785. The Morgan fingerprint density at radius 2 is 1.88 bits per heavy atom. The average Bonchev–Trinajstić information content (AvgIpc) is 3.40. The predicted molar refractivity (Wildman–Crippen MR) is 157 cm³/mol. The fourth-order valence-electron chi connectivity index (χ4n) is 6.07. The summed E-state index contributed by atoms with van der Waals surface area (Å²) in [6, 6.07) is 12.9. The van der Waals surface area contributed by atoms with Crippen LogP contribution in [-0.4, -0.2) is 83.2 Å². The minimum atomic E-state index is -0.415. The Labute approximate surface area is 242 Å². The lowest BCUT2D eigenvalue weighted by Crippen LogP contribution is -2.53. The molecule has 0 amide bonds. The van der Waals surface area contributed by atoms with Crippen LogP contribution in [0.2, 0.25) is 0 Å². The summed E-state index contributed by atoms with van der Waals surface area (Å²) in [6.45, 7) is 6.58. The summed E-state index contributed by atoms with van der Waals surface area (Å²) < 4.78 is 21.1. The van der Waals surface area contributed by atoms with E-state index in [4.69, 9.17) is 14.8 Å². The van der Waals surface area contributed by atoms with Gasteiger partial charge in [0.25, 0.3) is 0 Å². The van der Waals surface area contributed by atoms with Gasteiger partial charge >= 0.3 is 0 Å². The standard InChI is InChI=1S/C30H32FN7O2S/c1-18-13-22(36-9-11-37(12-10-36)24-16-40-17-25(24)39)14-23-29(28(20-3-4-20)34-38(18)23)35(2)30-33-27(26(15-32)41-30)19-5-7-21(31)8-6-19/h5-8,13-14,20,24-25,39H,3-4,9-12,16-17H2,1-2H3. The number of piperazine rings is 1. The number of ether oxygens (including phenoxy) is 1. The third kappa shape index (κ3) is 4.75. The van der Waals surface area contributed by atoms with Gasteiger partial charge in [0.15, 0.2) is 5.13 Å². The molecule has 3 aliphatic rings. The molecule has 2 aliphatic heterocycles. The first-order chi connectivity index (χ1) is 19.9. The third-order valence-corrected chi connectivity index (χ3v) is 9.52. The largest absolute Gasteiger partial charge is 0.389 e.